The lowest BCUT2D eigenvalue weighted by atomic mass is 10.1. The highest BCUT2D eigenvalue weighted by molar-refractivity contribution is 6.02. The molecule has 2 aliphatic heterocycles. The molecule has 0 atom stereocenters. The van der Waals surface area contributed by atoms with Gasteiger partial charge in [-0.3, -0.25) is 4.79 Å². The van der Waals surface area contributed by atoms with E-state index >= 15 is 0 Å². The number of carbonyl (C=O) groups is 1. The van der Waals surface area contributed by atoms with Crippen LogP contribution in [0.5, 0.6) is 0 Å². The second kappa shape index (κ2) is 10.3. The predicted molar refractivity (Wildman–Crippen MR) is 124 cm³/mol. The number of fused-ring (bicyclic) bond motifs is 1. The summed E-state index contributed by atoms with van der Waals surface area (Å²) in [6.07, 6.45) is 9.36. The fourth-order valence-corrected chi connectivity index (χ4v) is 4.10. The Balaban J connectivity index is 0.00000136. The van der Waals surface area contributed by atoms with E-state index in [1.54, 1.807) is 6.20 Å². The van der Waals surface area contributed by atoms with Crippen molar-refractivity contribution in [1.82, 2.24) is 29.9 Å². The molecule has 1 saturated heterocycles. The van der Waals surface area contributed by atoms with E-state index in [2.05, 4.69) is 31.7 Å². The number of amides is 1. The second-order valence-electron chi connectivity index (χ2n) is 7.79. The average Bonchev–Trinajstić information content (AvgIpc) is 3.42. The van der Waals surface area contributed by atoms with Crippen molar-refractivity contribution in [1.29, 1.82) is 0 Å². The smallest absolute Gasteiger partial charge is 0.277 e. The first-order valence-corrected chi connectivity index (χ1v) is 10.4. The highest BCUT2D eigenvalue weighted by atomic mass is 35.5. The number of rotatable bonds is 4. The number of hydrogen-bond acceptors (Lipinski definition) is 5. The Morgan fingerprint density at radius 1 is 1.06 bits per heavy atom. The van der Waals surface area contributed by atoms with E-state index in [0.29, 0.717) is 11.7 Å². The Morgan fingerprint density at radius 3 is 2.58 bits per heavy atom. The van der Waals surface area contributed by atoms with Crippen LogP contribution in [0.2, 0.25) is 0 Å². The maximum absolute atomic E-state index is 12.5. The summed E-state index contributed by atoms with van der Waals surface area (Å²) in [5.74, 6) is 0.927. The van der Waals surface area contributed by atoms with Gasteiger partial charge in [-0.25, -0.2) is 9.67 Å². The normalized spacial score (nSPS) is 16.0. The van der Waals surface area contributed by atoms with Gasteiger partial charge in [-0.15, -0.1) is 29.9 Å². The molecule has 2 aliphatic rings. The molecule has 31 heavy (non-hydrogen) atoms. The monoisotopic (exact) mass is 463 g/mol. The highest BCUT2D eigenvalue weighted by Crippen LogP contribution is 2.24. The first kappa shape index (κ1) is 23.2. The van der Waals surface area contributed by atoms with E-state index in [9.17, 15) is 4.79 Å². The average molecular weight is 464 g/mol. The topological polar surface area (TPSA) is 89.7 Å². The van der Waals surface area contributed by atoms with Crippen LogP contribution < -0.4 is 10.6 Å². The Morgan fingerprint density at radius 2 is 1.84 bits per heavy atom. The molecule has 0 unspecified atom stereocenters. The summed E-state index contributed by atoms with van der Waals surface area (Å²) in [4.78, 5) is 17.3. The first-order valence-electron chi connectivity index (χ1n) is 10.4. The van der Waals surface area contributed by atoms with Gasteiger partial charge in [-0.1, -0.05) is 17.3 Å². The number of nitrogens with one attached hydrogen (secondary N) is 2. The van der Waals surface area contributed by atoms with Gasteiger partial charge in [-0.05, 0) is 50.9 Å². The molecule has 3 aromatic rings. The summed E-state index contributed by atoms with van der Waals surface area (Å²) < 4.78 is 4.07. The number of aryl methyl sites for hydroxylation is 2. The van der Waals surface area contributed by atoms with Crippen molar-refractivity contribution in [3.8, 4) is 11.3 Å². The van der Waals surface area contributed by atoms with Crippen molar-refractivity contribution in [2.75, 3.05) is 18.4 Å². The molecule has 0 radical (unpaired) electrons. The van der Waals surface area contributed by atoms with E-state index in [1.165, 1.54) is 18.7 Å². The Kier molecular flexibility index (Phi) is 7.69. The molecule has 1 amide bonds. The predicted octanol–water partition coefficient (Wildman–Crippen LogP) is 3.50. The minimum Gasteiger partial charge on any atom is -0.334 e. The number of piperidine rings is 1. The van der Waals surface area contributed by atoms with Gasteiger partial charge in [0.2, 0.25) is 0 Å². The van der Waals surface area contributed by atoms with Crippen LogP contribution in [0.25, 0.3) is 11.3 Å². The van der Waals surface area contributed by atoms with E-state index < -0.39 is 0 Å². The molecule has 8 nitrogen and oxygen atoms in total. The largest absolute Gasteiger partial charge is 0.334 e. The molecule has 10 heteroatoms. The van der Waals surface area contributed by atoms with Crippen LogP contribution in [0.15, 0.2) is 36.7 Å². The van der Waals surface area contributed by atoms with Crippen LogP contribution in [0.3, 0.4) is 0 Å². The lowest BCUT2D eigenvalue weighted by Gasteiger charge is -2.22. The number of aromatic nitrogens is 5. The zero-order chi connectivity index (χ0) is 19.6. The SMILES string of the molecule is Cl.Cl.O=C(Nc1ccc(-c2cn3c(n2)CCCC3)cc1)c1cn(C2CCNCC2)nn1. The van der Waals surface area contributed by atoms with Crippen molar-refractivity contribution in [3.63, 3.8) is 0 Å². The maximum Gasteiger partial charge on any atom is 0.277 e. The minimum absolute atomic E-state index is 0. The molecular formula is C21H27Cl2N7O. The number of hydrogen-bond donors (Lipinski definition) is 2. The quantitative estimate of drug-likeness (QED) is 0.617. The molecule has 4 heterocycles. The summed E-state index contributed by atoms with van der Waals surface area (Å²) in [6.45, 7) is 2.99. The van der Waals surface area contributed by atoms with Gasteiger partial charge in [0, 0.05) is 30.4 Å². The van der Waals surface area contributed by atoms with Crippen LogP contribution in [-0.4, -0.2) is 43.5 Å². The van der Waals surface area contributed by atoms with Crippen LogP contribution in [0.1, 0.15) is 48.0 Å². The summed E-state index contributed by atoms with van der Waals surface area (Å²) in [6, 6.07) is 8.11. The fourth-order valence-electron chi connectivity index (χ4n) is 4.10. The van der Waals surface area contributed by atoms with Crippen LogP contribution in [0.4, 0.5) is 5.69 Å². The van der Waals surface area contributed by atoms with Crippen molar-refractivity contribution < 1.29 is 4.79 Å². The fraction of sp³-hybridized carbons (Fsp3) is 0.429. The van der Waals surface area contributed by atoms with Gasteiger partial charge < -0.3 is 15.2 Å². The van der Waals surface area contributed by atoms with Crippen molar-refractivity contribution in [2.24, 2.45) is 0 Å². The minimum atomic E-state index is -0.240. The Hall–Kier alpha value is -2.42. The Labute approximate surface area is 193 Å². The molecular weight excluding hydrogens is 437 g/mol. The lowest BCUT2D eigenvalue weighted by Crippen LogP contribution is -2.29. The van der Waals surface area contributed by atoms with Crippen molar-refractivity contribution >= 4 is 36.4 Å². The molecule has 0 saturated carbocycles. The number of halogens is 2. The first-order chi connectivity index (χ1) is 14.3. The van der Waals surface area contributed by atoms with E-state index in [1.807, 2.05) is 28.9 Å². The van der Waals surface area contributed by atoms with E-state index in [-0.39, 0.29) is 30.7 Å². The molecule has 0 aliphatic carbocycles. The van der Waals surface area contributed by atoms with Crippen LogP contribution >= 0.6 is 24.8 Å². The summed E-state index contributed by atoms with van der Waals surface area (Å²) in [7, 11) is 0. The van der Waals surface area contributed by atoms with Crippen molar-refractivity contribution in [3.05, 3.63) is 48.2 Å². The van der Waals surface area contributed by atoms with Crippen molar-refractivity contribution in [2.45, 2.75) is 44.7 Å². The molecule has 166 valence electrons. The highest BCUT2D eigenvalue weighted by Gasteiger charge is 2.19. The molecule has 5 rings (SSSR count). The third-order valence-corrected chi connectivity index (χ3v) is 5.77. The molecule has 2 aromatic heterocycles. The summed E-state index contributed by atoms with van der Waals surface area (Å²) in [5, 5.41) is 14.5. The van der Waals surface area contributed by atoms with E-state index in [4.69, 9.17) is 4.98 Å². The number of imidazole rings is 1. The third-order valence-electron chi connectivity index (χ3n) is 5.77. The molecule has 0 bridgehead atoms. The van der Waals surface area contributed by atoms with Gasteiger partial charge in [0.15, 0.2) is 5.69 Å². The molecule has 2 N–H and O–H groups in total. The van der Waals surface area contributed by atoms with E-state index in [0.717, 1.165) is 55.8 Å². The second-order valence-corrected chi connectivity index (χ2v) is 7.79. The van der Waals surface area contributed by atoms with Gasteiger partial charge in [0.25, 0.3) is 5.91 Å². The third kappa shape index (κ3) is 5.08. The zero-order valence-electron chi connectivity index (χ0n) is 17.2. The van der Waals surface area contributed by atoms with Crippen LogP contribution in [0, 0.1) is 0 Å². The number of benzene rings is 1. The molecule has 1 fully saturated rings. The Bertz CT molecular complexity index is 986. The molecule has 0 spiro atoms. The van der Waals surface area contributed by atoms with Crippen LogP contribution in [-0.2, 0) is 13.0 Å². The number of carbonyl (C=O) groups excluding carboxylic acids is 1. The van der Waals surface area contributed by atoms with Gasteiger partial charge in [-0.2, -0.15) is 0 Å². The number of anilines is 1. The van der Waals surface area contributed by atoms with Gasteiger partial charge in [0.1, 0.15) is 5.82 Å². The molecule has 1 aromatic carbocycles. The number of nitrogens with zero attached hydrogens (tertiary/aromatic N) is 5. The lowest BCUT2D eigenvalue weighted by molar-refractivity contribution is 0.102. The van der Waals surface area contributed by atoms with Gasteiger partial charge in [0.05, 0.1) is 17.9 Å². The standard InChI is InChI=1S/C21H25N7O.2ClH/c29-21(19-14-28(26-25-19)17-8-10-22-11-9-17)23-16-6-4-15(5-7-16)18-13-27-12-2-1-3-20(27)24-18;;/h4-7,13-14,17,22H,1-3,8-12H2,(H,23,29);2*1H. The maximum atomic E-state index is 12.5. The summed E-state index contributed by atoms with van der Waals surface area (Å²) >= 11 is 0. The zero-order valence-corrected chi connectivity index (χ0v) is 18.8. The summed E-state index contributed by atoms with van der Waals surface area (Å²) in [5.41, 5.74) is 3.12. The van der Waals surface area contributed by atoms with Gasteiger partial charge >= 0.3 is 0 Å².